The fraction of sp³-hybridized carbons (Fsp3) is 0.933. The van der Waals surface area contributed by atoms with E-state index in [1.807, 2.05) is 0 Å². The van der Waals surface area contributed by atoms with E-state index in [2.05, 4.69) is 19.2 Å². The number of hydrogen-bond acceptors (Lipinski definition) is 1. The van der Waals surface area contributed by atoms with Crippen molar-refractivity contribution in [2.24, 2.45) is 23.7 Å². The minimum Gasteiger partial charge on any atom is -0.350 e. The van der Waals surface area contributed by atoms with Gasteiger partial charge in [0.05, 0.1) is 0 Å². The summed E-state index contributed by atoms with van der Waals surface area (Å²) in [5.74, 6) is 3.23. The molecule has 0 heterocycles. The summed E-state index contributed by atoms with van der Waals surface area (Å²) in [6, 6.07) is 0. The van der Waals surface area contributed by atoms with Crippen molar-refractivity contribution in [2.45, 2.75) is 64.3 Å². The van der Waals surface area contributed by atoms with E-state index in [4.69, 9.17) is 0 Å². The molecular weight excluding hydrogens is 210 g/mol. The maximum atomic E-state index is 12.1. The van der Waals surface area contributed by atoms with Crippen LogP contribution in [0.1, 0.15) is 58.8 Å². The van der Waals surface area contributed by atoms with E-state index in [-0.39, 0.29) is 11.5 Å². The van der Waals surface area contributed by atoms with E-state index in [0.717, 1.165) is 24.2 Å². The molecule has 4 saturated carbocycles. The fourth-order valence-electron chi connectivity index (χ4n) is 4.83. The van der Waals surface area contributed by atoms with Crippen molar-refractivity contribution >= 4 is 5.91 Å². The zero-order valence-electron chi connectivity index (χ0n) is 11.2. The number of amides is 1. The largest absolute Gasteiger partial charge is 0.350 e. The molecule has 1 N–H and O–H groups in total. The van der Waals surface area contributed by atoms with Gasteiger partial charge in [0.15, 0.2) is 0 Å². The van der Waals surface area contributed by atoms with Gasteiger partial charge in [-0.1, -0.05) is 13.8 Å². The predicted molar refractivity (Wildman–Crippen MR) is 68.5 cm³/mol. The number of rotatable bonds is 3. The van der Waals surface area contributed by atoms with Crippen LogP contribution in [-0.2, 0) is 4.79 Å². The summed E-state index contributed by atoms with van der Waals surface area (Å²) in [7, 11) is 0. The molecule has 17 heavy (non-hydrogen) atoms. The van der Waals surface area contributed by atoms with E-state index in [1.54, 1.807) is 0 Å². The molecule has 1 unspecified atom stereocenters. The van der Waals surface area contributed by atoms with Gasteiger partial charge in [0.25, 0.3) is 0 Å². The molecule has 1 amide bonds. The van der Waals surface area contributed by atoms with Crippen molar-refractivity contribution in [3.8, 4) is 0 Å². The van der Waals surface area contributed by atoms with Crippen molar-refractivity contribution in [2.75, 3.05) is 0 Å². The Labute approximate surface area is 105 Å². The van der Waals surface area contributed by atoms with Crippen molar-refractivity contribution in [3.05, 3.63) is 0 Å². The molecule has 0 aromatic rings. The second-order valence-corrected chi connectivity index (χ2v) is 7.00. The highest BCUT2D eigenvalue weighted by atomic mass is 16.2. The maximum Gasteiger partial charge on any atom is 0.223 e. The topological polar surface area (TPSA) is 29.1 Å². The van der Waals surface area contributed by atoms with Crippen molar-refractivity contribution < 1.29 is 4.79 Å². The first-order valence-electron chi connectivity index (χ1n) is 7.42. The Morgan fingerprint density at radius 1 is 1.18 bits per heavy atom. The van der Waals surface area contributed by atoms with Crippen LogP contribution in [0.25, 0.3) is 0 Å². The van der Waals surface area contributed by atoms with Crippen molar-refractivity contribution in [1.82, 2.24) is 5.32 Å². The average molecular weight is 235 g/mol. The summed E-state index contributed by atoms with van der Waals surface area (Å²) in [5, 5.41) is 3.44. The Hall–Kier alpha value is -0.530. The standard InChI is InChI=1S/C15H25NO/c1-3-10(2)14(17)16-15-7-11-4-12(8-15)6-13(5-11)9-15/h10-13H,3-9H2,1-2H3,(H,16,17). The Bertz CT molecular complexity index is 288. The van der Waals surface area contributed by atoms with Gasteiger partial charge in [0.1, 0.15) is 0 Å². The fourth-order valence-corrected chi connectivity index (χ4v) is 4.83. The Balaban J connectivity index is 1.72. The van der Waals surface area contributed by atoms with Gasteiger partial charge >= 0.3 is 0 Å². The summed E-state index contributed by atoms with van der Waals surface area (Å²) in [6.45, 7) is 4.15. The molecule has 1 atom stereocenters. The SMILES string of the molecule is CCC(C)C(=O)NC12CC3CC(CC(C3)C1)C2. The number of nitrogens with one attached hydrogen (secondary N) is 1. The first-order chi connectivity index (χ1) is 8.10. The number of carbonyl (C=O) groups is 1. The maximum absolute atomic E-state index is 12.1. The van der Waals surface area contributed by atoms with E-state index in [1.165, 1.54) is 38.5 Å². The molecule has 0 aromatic carbocycles. The van der Waals surface area contributed by atoms with Crippen LogP contribution in [0.3, 0.4) is 0 Å². The Morgan fingerprint density at radius 2 is 1.65 bits per heavy atom. The van der Waals surface area contributed by atoms with E-state index in [9.17, 15) is 4.79 Å². The first kappa shape index (κ1) is 11.6. The molecule has 0 radical (unpaired) electrons. The van der Waals surface area contributed by atoms with E-state index >= 15 is 0 Å². The molecular formula is C15H25NO. The molecule has 4 bridgehead atoms. The second kappa shape index (κ2) is 4.00. The molecule has 96 valence electrons. The molecule has 4 aliphatic rings. The first-order valence-corrected chi connectivity index (χ1v) is 7.42. The molecule has 0 spiro atoms. The third-order valence-electron chi connectivity index (χ3n) is 5.49. The summed E-state index contributed by atoms with van der Waals surface area (Å²) in [6.07, 6.45) is 9.08. The lowest BCUT2D eigenvalue weighted by Gasteiger charge is -2.57. The monoisotopic (exact) mass is 235 g/mol. The number of carbonyl (C=O) groups excluding carboxylic acids is 1. The predicted octanol–water partition coefficient (Wildman–Crippen LogP) is 3.12. The smallest absolute Gasteiger partial charge is 0.223 e. The summed E-state index contributed by atoms with van der Waals surface area (Å²) in [5.41, 5.74) is 0.204. The second-order valence-electron chi connectivity index (χ2n) is 7.00. The van der Waals surface area contributed by atoms with Gasteiger partial charge in [-0.3, -0.25) is 4.79 Å². The zero-order chi connectivity index (χ0) is 12.0. The molecule has 0 aromatic heterocycles. The van der Waals surface area contributed by atoms with E-state index in [0.29, 0.717) is 5.91 Å². The van der Waals surface area contributed by atoms with Crippen LogP contribution in [-0.4, -0.2) is 11.4 Å². The third-order valence-corrected chi connectivity index (χ3v) is 5.49. The van der Waals surface area contributed by atoms with Crippen LogP contribution in [0.4, 0.5) is 0 Å². The van der Waals surface area contributed by atoms with Gasteiger partial charge in [-0.15, -0.1) is 0 Å². The van der Waals surface area contributed by atoms with Crippen LogP contribution < -0.4 is 5.32 Å². The van der Waals surface area contributed by atoms with Crippen LogP contribution in [0.5, 0.6) is 0 Å². The average Bonchev–Trinajstić information content (AvgIpc) is 2.25. The van der Waals surface area contributed by atoms with Gasteiger partial charge in [-0.2, -0.15) is 0 Å². The highest BCUT2D eigenvalue weighted by Crippen LogP contribution is 2.55. The summed E-state index contributed by atoms with van der Waals surface area (Å²) < 4.78 is 0. The molecule has 2 nitrogen and oxygen atoms in total. The zero-order valence-corrected chi connectivity index (χ0v) is 11.2. The lowest BCUT2D eigenvalue weighted by molar-refractivity contribution is -0.130. The highest BCUT2D eigenvalue weighted by Gasteiger charge is 2.51. The van der Waals surface area contributed by atoms with Crippen molar-refractivity contribution in [1.29, 1.82) is 0 Å². The molecule has 0 saturated heterocycles. The minimum absolute atomic E-state index is 0.183. The highest BCUT2D eigenvalue weighted by molar-refractivity contribution is 5.79. The lowest BCUT2D eigenvalue weighted by Crippen LogP contribution is -2.60. The van der Waals surface area contributed by atoms with Crippen LogP contribution in [0.2, 0.25) is 0 Å². The third kappa shape index (κ3) is 2.00. The molecule has 4 rings (SSSR count). The minimum atomic E-state index is 0.183. The molecule has 0 aliphatic heterocycles. The van der Waals surface area contributed by atoms with Gasteiger partial charge in [-0.25, -0.2) is 0 Å². The van der Waals surface area contributed by atoms with Gasteiger partial charge in [-0.05, 0) is 62.7 Å². The Morgan fingerprint density at radius 3 is 2.06 bits per heavy atom. The molecule has 4 aliphatic carbocycles. The van der Waals surface area contributed by atoms with Crippen LogP contribution in [0, 0.1) is 23.7 Å². The normalized spacial score (nSPS) is 44.7. The van der Waals surface area contributed by atoms with Crippen LogP contribution in [0.15, 0.2) is 0 Å². The molecule has 2 heteroatoms. The van der Waals surface area contributed by atoms with Gasteiger partial charge < -0.3 is 5.32 Å². The summed E-state index contributed by atoms with van der Waals surface area (Å²) in [4.78, 5) is 12.1. The Kier molecular flexibility index (Phi) is 2.72. The van der Waals surface area contributed by atoms with Gasteiger partial charge in [0, 0.05) is 11.5 Å². The van der Waals surface area contributed by atoms with E-state index < -0.39 is 0 Å². The number of hydrogen-bond donors (Lipinski definition) is 1. The van der Waals surface area contributed by atoms with Crippen LogP contribution >= 0.6 is 0 Å². The van der Waals surface area contributed by atoms with Crippen molar-refractivity contribution in [3.63, 3.8) is 0 Å². The molecule has 4 fully saturated rings. The van der Waals surface area contributed by atoms with Gasteiger partial charge in [0.2, 0.25) is 5.91 Å². The quantitative estimate of drug-likeness (QED) is 0.800. The lowest BCUT2D eigenvalue weighted by atomic mass is 9.53. The summed E-state index contributed by atoms with van der Waals surface area (Å²) >= 11 is 0.